The van der Waals surface area contributed by atoms with Crippen molar-refractivity contribution < 1.29 is 0 Å². The number of nitrogens with one attached hydrogen (secondary N) is 2. The molecule has 27 heavy (non-hydrogen) atoms. The summed E-state index contributed by atoms with van der Waals surface area (Å²) in [5, 5.41) is 5.33. The summed E-state index contributed by atoms with van der Waals surface area (Å²) in [4.78, 5) is 20.2. The van der Waals surface area contributed by atoms with Gasteiger partial charge in [0.25, 0.3) is 5.56 Å². The number of hydrogen-bond acceptors (Lipinski definition) is 3. The van der Waals surface area contributed by atoms with Crippen molar-refractivity contribution >= 4 is 28.1 Å². The van der Waals surface area contributed by atoms with Crippen LogP contribution in [0.4, 0.5) is 5.69 Å². The molecule has 4 aromatic rings. The van der Waals surface area contributed by atoms with Gasteiger partial charge in [0.15, 0.2) is 0 Å². The molecule has 0 amide bonds. The SMILES string of the molecule is Cc1[nH]cnc1Cn1ccc2cc(NCc3ccccc3)c(Cl)cc2c1=O. The molecule has 0 aliphatic heterocycles. The van der Waals surface area contributed by atoms with Gasteiger partial charge in [-0.2, -0.15) is 0 Å². The Balaban J connectivity index is 1.64. The molecule has 2 aromatic carbocycles. The van der Waals surface area contributed by atoms with E-state index in [0.29, 0.717) is 23.5 Å². The van der Waals surface area contributed by atoms with Gasteiger partial charge in [0, 0.05) is 23.8 Å². The van der Waals surface area contributed by atoms with Crippen LogP contribution in [0.3, 0.4) is 0 Å². The van der Waals surface area contributed by atoms with E-state index in [1.54, 1.807) is 23.2 Å². The van der Waals surface area contributed by atoms with Crippen molar-refractivity contribution in [3.63, 3.8) is 0 Å². The Labute approximate surface area is 161 Å². The van der Waals surface area contributed by atoms with Crippen molar-refractivity contribution in [3.05, 3.63) is 93.4 Å². The maximum absolute atomic E-state index is 12.9. The highest BCUT2D eigenvalue weighted by molar-refractivity contribution is 6.34. The summed E-state index contributed by atoms with van der Waals surface area (Å²) in [5.74, 6) is 0. The normalized spacial score (nSPS) is 11.0. The lowest BCUT2D eigenvalue weighted by Crippen LogP contribution is -2.20. The highest BCUT2D eigenvalue weighted by Crippen LogP contribution is 2.27. The second-order valence-electron chi connectivity index (χ2n) is 6.48. The van der Waals surface area contributed by atoms with Crippen LogP contribution in [-0.2, 0) is 13.1 Å². The zero-order chi connectivity index (χ0) is 18.8. The van der Waals surface area contributed by atoms with Gasteiger partial charge >= 0.3 is 0 Å². The topological polar surface area (TPSA) is 62.7 Å². The highest BCUT2D eigenvalue weighted by atomic mass is 35.5. The Morgan fingerprint density at radius 2 is 2.00 bits per heavy atom. The fourth-order valence-electron chi connectivity index (χ4n) is 3.07. The molecule has 0 spiro atoms. The minimum atomic E-state index is -0.0774. The summed E-state index contributed by atoms with van der Waals surface area (Å²) in [7, 11) is 0. The Bertz CT molecular complexity index is 1150. The molecule has 0 fully saturated rings. The van der Waals surface area contributed by atoms with E-state index >= 15 is 0 Å². The number of benzene rings is 2. The van der Waals surface area contributed by atoms with Crippen LogP contribution in [-0.4, -0.2) is 14.5 Å². The van der Waals surface area contributed by atoms with Crippen LogP contribution < -0.4 is 10.9 Å². The number of anilines is 1. The molecule has 0 unspecified atom stereocenters. The lowest BCUT2D eigenvalue weighted by Gasteiger charge is -2.11. The maximum Gasteiger partial charge on any atom is 0.258 e. The first-order chi connectivity index (χ1) is 13.1. The van der Waals surface area contributed by atoms with Gasteiger partial charge in [-0.3, -0.25) is 4.79 Å². The molecule has 4 rings (SSSR count). The van der Waals surface area contributed by atoms with E-state index in [2.05, 4.69) is 27.4 Å². The highest BCUT2D eigenvalue weighted by Gasteiger charge is 2.10. The minimum absolute atomic E-state index is 0.0774. The quantitative estimate of drug-likeness (QED) is 0.542. The number of imidazole rings is 1. The average molecular weight is 379 g/mol. The number of pyridine rings is 1. The molecule has 0 aliphatic rings. The molecule has 0 atom stereocenters. The zero-order valence-electron chi connectivity index (χ0n) is 14.9. The van der Waals surface area contributed by atoms with E-state index in [1.165, 1.54) is 5.56 Å². The Morgan fingerprint density at radius 1 is 1.19 bits per heavy atom. The molecule has 6 heteroatoms. The number of hydrogen-bond donors (Lipinski definition) is 2. The minimum Gasteiger partial charge on any atom is -0.380 e. The third-order valence-corrected chi connectivity index (χ3v) is 4.96. The Hall–Kier alpha value is -3.05. The van der Waals surface area contributed by atoms with Crippen molar-refractivity contribution in [1.29, 1.82) is 0 Å². The van der Waals surface area contributed by atoms with Gasteiger partial charge in [0.1, 0.15) is 0 Å². The molecule has 2 aromatic heterocycles. The number of aromatic amines is 1. The van der Waals surface area contributed by atoms with Crippen LogP contribution in [0.15, 0.2) is 65.8 Å². The van der Waals surface area contributed by atoms with Gasteiger partial charge in [-0.1, -0.05) is 41.9 Å². The average Bonchev–Trinajstić information content (AvgIpc) is 3.08. The van der Waals surface area contributed by atoms with E-state index < -0.39 is 0 Å². The first-order valence-corrected chi connectivity index (χ1v) is 9.09. The smallest absolute Gasteiger partial charge is 0.258 e. The first-order valence-electron chi connectivity index (χ1n) is 8.71. The molecule has 5 nitrogen and oxygen atoms in total. The van der Waals surface area contributed by atoms with Gasteiger partial charge in [-0.05, 0) is 36.1 Å². The number of halogens is 1. The van der Waals surface area contributed by atoms with E-state index in [4.69, 9.17) is 11.6 Å². The largest absolute Gasteiger partial charge is 0.380 e. The molecular weight excluding hydrogens is 360 g/mol. The van der Waals surface area contributed by atoms with Crippen LogP contribution in [0.1, 0.15) is 17.0 Å². The number of nitrogens with zero attached hydrogens (tertiary/aromatic N) is 2. The van der Waals surface area contributed by atoms with Gasteiger partial charge in [0.05, 0.1) is 29.3 Å². The van der Waals surface area contributed by atoms with Crippen molar-refractivity contribution in [2.45, 2.75) is 20.0 Å². The van der Waals surface area contributed by atoms with Gasteiger partial charge in [-0.25, -0.2) is 4.98 Å². The molecule has 0 bridgehead atoms. The van der Waals surface area contributed by atoms with Gasteiger partial charge in [0.2, 0.25) is 0 Å². The van der Waals surface area contributed by atoms with Crippen molar-refractivity contribution in [2.24, 2.45) is 0 Å². The molecule has 0 aliphatic carbocycles. The summed E-state index contributed by atoms with van der Waals surface area (Å²) in [6.07, 6.45) is 3.44. The number of aromatic nitrogens is 3. The van der Waals surface area contributed by atoms with E-state index in [0.717, 1.165) is 22.5 Å². The number of rotatable bonds is 5. The monoisotopic (exact) mass is 378 g/mol. The summed E-state index contributed by atoms with van der Waals surface area (Å²) in [5.41, 5.74) is 3.71. The Morgan fingerprint density at radius 3 is 2.74 bits per heavy atom. The fourth-order valence-corrected chi connectivity index (χ4v) is 3.30. The van der Waals surface area contributed by atoms with Gasteiger partial charge in [-0.15, -0.1) is 0 Å². The third kappa shape index (κ3) is 3.59. The lowest BCUT2D eigenvalue weighted by molar-refractivity contribution is 0.746. The van der Waals surface area contributed by atoms with Crippen molar-refractivity contribution in [2.75, 3.05) is 5.32 Å². The van der Waals surface area contributed by atoms with Crippen LogP contribution in [0.5, 0.6) is 0 Å². The Kier molecular flexibility index (Phi) is 4.69. The molecular formula is C21H19ClN4O. The summed E-state index contributed by atoms with van der Waals surface area (Å²) >= 11 is 6.43. The molecule has 2 N–H and O–H groups in total. The third-order valence-electron chi connectivity index (χ3n) is 4.64. The molecule has 136 valence electrons. The van der Waals surface area contributed by atoms with Crippen LogP contribution >= 0.6 is 11.6 Å². The summed E-state index contributed by atoms with van der Waals surface area (Å²) in [6.45, 7) is 3.03. The predicted molar refractivity (Wildman–Crippen MR) is 109 cm³/mol. The van der Waals surface area contributed by atoms with Crippen molar-refractivity contribution in [1.82, 2.24) is 14.5 Å². The second kappa shape index (κ2) is 7.29. The number of fused-ring (bicyclic) bond motifs is 1. The van der Waals surface area contributed by atoms with Crippen LogP contribution in [0.25, 0.3) is 10.8 Å². The number of aryl methyl sites for hydroxylation is 1. The summed E-state index contributed by atoms with van der Waals surface area (Å²) in [6, 6.07) is 15.7. The predicted octanol–water partition coefficient (Wildman–Crippen LogP) is 4.35. The summed E-state index contributed by atoms with van der Waals surface area (Å²) < 4.78 is 1.65. The first kappa shape index (κ1) is 17.4. The van der Waals surface area contributed by atoms with E-state index in [9.17, 15) is 4.79 Å². The zero-order valence-corrected chi connectivity index (χ0v) is 15.6. The van der Waals surface area contributed by atoms with E-state index in [-0.39, 0.29) is 5.56 Å². The maximum atomic E-state index is 12.9. The second-order valence-corrected chi connectivity index (χ2v) is 6.89. The molecule has 2 heterocycles. The van der Waals surface area contributed by atoms with Gasteiger partial charge < -0.3 is 14.9 Å². The molecule has 0 saturated heterocycles. The standard InChI is InChI=1S/C21H19ClN4O/c1-14-20(25-13-24-14)12-26-8-7-16-9-19(18(22)10-17(16)21(26)27)23-11-15-5-3-2-4-6-15/h2-10,13,23H,11-12H2,1H3,(H,24,25). The van der Waals surface area contributed by atoms with Crippen molar-refractivity contribution in [3.8, 4) is 0 Å². The lowest BCUT2D eigenvalue weighted by atomic mass is 10.1. The van der Waals surface area contributed by atoms with Crippen LogP contribution in [0, 0.1) is 6.92 Å². The molecule has 0 saturated carbocycles. The van der Waals surface area contributed by atoms with Crippen LogP contribution in [0.2, 0.25) is 5.02 Å². The van der Waals surface area contributed by atoms with E-state index in [1.807, 2.05) is 37.3 Å². The molecule has 0 radical (unpaired) electrons. The fraction of sp³-hybridized carbons (Fsp3) is 0.143. The number of H-pyrrole nitrogens is 1.